The molecule has 1 aliphatic heterocycles. The number of ether oxygens (including phenoxy) is 1. The molecular formula is C12H20N2O4. The molecule has 1 heterocycles. The number of nitrogens with one attached hydrogen (secondary N) is 2. The zero-order chi connectivity index (χ0) is 13.3. The Labute approximate surface area is 106 Å². The number of amides is 2. The van der Waals surface area contributed by atoms with Gasteiger partial charge in [0.2, 0.25) is 0 Å². The van der Waals surface area contributed by atoms with Crippen LogP contribution in [-0.4, -0.2) is 42.9 Å². The minimum absolute atomic E-state index is 0.132. The van der Waals surface area contributed by atoms with Crippen molar-refractivity contribution in [2.75, 3.05) is 19.8 Å². The number of rotatable bonds is 4. The van der Waals surface area contributed by atoms with Gasteiger partial charge >= 0.3 is 12.0 Å². The maximum absolute atomic E-state index is 11.7. The Hall–Kier alpha value is -1.30. The third-order valence-corrected chi connectivity index (χ3v) is 4.05. The van der Waals surface area contributed by atoms with Crippen molar-refractivity contribution in [1.82, 2.24) is 10.6 Å². The van der Waals surface area contributed by atoms with E-state index >= 15 is 0 Å². The smallest absolute Gasteiger partial charge is 0.315 e. The number of carboxylic acids is 1. The number of urea groups is 1. The molecule has 2 fully saturated rings. The van der Waals surface area contributed by atoms with Crippen molar-refractivity contribution in [3.63, 3.8) is 0 Å². The van der Waals surface area contributed by atoms with Gasteiger partial charge in [0.15, 0.2) is 0 Å². The summed E-state index contributed by atoms with van der Waals surface area (Å²) in [4.78, 5) is 22.9. The van der Waals surface area contributed by atoms with Crippen LogP contribution in [-0.2, 0) is 9.53 Å². The Morgan fingerprint density at radius 2 is 2.17 bits per heavy atom. The second-order valence-electron chi connectivity index (χ2n) is 5.62. The lowest BCUT2D eigenvalue weighted by atomic mass is 9.85. The zero-order valence-electron chi connectivity index (χ0n) is 10.7. The van der Waals surface area contributed by atoms with Gasteiger partial charge in [0.05, 0.1) is 19.3 Å². The summed E-state index contributed by atoms with van der Waals surface area (Å²) in [6, 6.07) is -0.788. The van der Waals surface area contributed by atoms with E-state index in [0.717, 1.165) is 6.42 Å². The van der Waals surface area contributed by atoms with E-state index in [1.54, 1.807) is 6.92 Å². The molecule has 2 aliphatic rings. The van der Waals surface area contributed by atoms with Crippen LogP contribution in [0.1, 0.15) is 20.3 Å². The Balaban J connectivity index is 1.81. The molecule has 0 aromatic carbocycles. The Bertz CT molecular complexity index is 360. The molecule has 0 aromatic rings. The fraction of sp³-hybridized carbons (Fsp3) is 0.833. The summed E-state index contributed by atoms with van der Waals surface area (Å²) in [6.45, 7) is 4.78. The predicted octanol–water partition coefficient (Wildman–Crippen LogP) is 0.431. The molecule has 2 rings (SSSR count). The lowest BCUT2D eigenvalue weighted by Crippen LogP contribution is -2.52. The number of aliphatic carboxylic acids is 1. The molecule has 1 saturated carbocycles. The van der Waals surface area contributed by atoms with Crippen molar-refractivity contribution in [3.8, 4) is 0 Å². The molecule has 0 spiro atoms. The van der Waals surface area contributed by atoms with Gasteiger partial charge in [0.1, 0.15) is 5.41 Å². The average Bonchev–Trinajstić information content (AvgIpc) is 2.88. The van der Waals surface area contributed by atoms with Gasteiger partial charge in [-0.2, -0.15) is 0 Å². The van der Waals surface area contributed by atoms with Gasteiger partial charge in [0.25, 0.3) is 0 Å². The molecular weight excluding hydrogens is 236 g/mol. The summed E-state index contributed by atoms with van der Waals surface area (Å²) in [5.74, 6) is 0.312. The molecule has 4 unspecified atom stereocenters. The van der Waals surface area contributed by atoms with Crippen LogP contribution in [0.3, 0.4) is 0 Å². The molecule has 6 heteroatoms. The van der Waals surface area contributed by atoms with E-state index in [1.165, 1.54) is 0 Å². The number of hydrogen-bond donors (Lipinski definition) is 3. The highest BCUT2D eigenvalue weighted by molar-refractivity contribution is 5.79. The van der Waals surface area contributed by atoms with Gasteiger partial charge in [-0.3, -0.25) is 4.79 Å². The molecule has 18 heavy (non-hydrogen) atoms. The van der Waals surface area contributed by atoms with Gasteiger partial charge in [-0.15, -0.1) is 0 Å². The van der Waals surface area contributed by atoms with Gasteiger partial charge in [-0.1, -0.05) is 6.92 Å². The maximum atomic E-state index is 11.7. The van der Waals surface area contributed by atoms with Crippen molar-refractivity contribution in [1.29, 1.82) is 0 Å². The highest BCUT2D eigenvalue weighted by Gasteiger charge is 2.47. The van der Waals surface area contributed by atoms with E-state index < -0.39 is 17.4 Å². The third kappa shape index (κ3) is 2.58. The molecule has 2 amide bonds. The Kier molecular flexibility index (Phi) is 3.47. The second kappa shape index (κ2) is 4.76. The zero-order valence-corrected chi connectivity index (χ0v) is 10.7. The SMILES string of the molecule is CC1CC1CNC(=O)NC1COCC1(C)C(=O)O. The first-order valence-corrected chi connectivity index (χ1v) is 6.29. The van der Waals surface area contributed by atoms with E-state index in [4.69, 9.17) is 9.84 Å². The van der Waals surface area contributed by atoms with Crippen molar-refractivity contribution < 1.29 is 19.4 Å². The predicted molar refractivity (Wildman–Crippen MR) is 64.2 cm³/mol. The van der Waals surface area contributed by atoms with Crippen LogP contribution in [0.2, 0.25) is 0 Å². The summed E-state index contributed by atoms with van der Waals surface area (Å²) < 4.78 is 5.17. The fourth-order valence-corrected chi connectivity index (χ4v) is 2.20. The molecule has 6 nitrogen and oxygen atoms in total. The van der Waals surface area contributed by atoms with Crippen LogP contribution < -0.4 is 10.6 Å². The van der Waals surface area contributed by atoms with Crippen molar-refractivity contribution in [3.05, 3.63) is 0 Å². The monoisotopic (exact) mass is 256 g/mol. The minimum Gasteiger partial charge on any atom is -0.481 e. The molecule has 1 saturated heterocycles. The molecule has 0 aromatic heterocycles. The van der Waals surface area contributed by atoms with Crippen LogP contribution in [0.25, 0.3) is 0 Å². The van der Waals surface area contributed by atoms with Gasteiger partial charge in [-0.25, -0.2) is 4.79 Å². The minimum atomic E-state index is -1.04. The average molecular weight is 256 g/mol. The highest BCUT2D eigenvalue weighted by atomic mass is 16.5. The first kappa shape index (κ1) is 13.1. The first-order valence-electron chi connectivity index (χ1n) is 6.29. The second-order valence-corrected chi connectivity index (χ2v) is 5.62. The molecule has 4 atom stereocenters. The molecule has 3 N–H and O–H groups in total. The van der Waals surface area contributed by atoms with Crippen LogP contribution in [0.5, 0.6) is 0 Å². The van der Waals surface area contributed by atoms with E-state index in [2.05, 4.69) is 17.6 Å². The third-order valence-electron chi connectivity index (χ3n) is 4.05. The number of carbonyl (C=O) groups is 2. The highest BCUT2D eigenvalue weighted by Crippen LogP contribution is 2.36. The van der Waals surface area contributed by atoms with E-state index in [1.807, 2.05) is 0 Å². The molecule has 102 valence electrons. The summed E-state index contributed by atoms with van der Waals surface area (Å²) in [7, 11) is 0. The summed E-state index contributed by atoms with van der Waals surface area (Å²) >= 11 is 0. The molecule has 0 radical (unpaired) electrons. The summed E-state index contributed by atoms with van der Waals surface area (Å²) in [6.07, 6.45) is 1.15. The topological polar surface area (TPSA) is 87.7 Å². The summed E-state index contributed by atoms with van der Waals surface area (Å²) in [5, 5.41) is 14.6. The van der Waals surface area contributed by atoms with Crippen molar-refractivity contribution >= 4 is 12.0 Å². The van der Waals surface area contributed by atoms with E-state index in [-0.39, 0.29) is 19.2 Å². The van der Waals surface area contributed by atoms with Gasteiger partial charge in [-0.05, 0) is 25.2 Å². The van der Waals surface area contributed by atoms with Crippen molar-refractivity contribution in [2.24, 2.45) is 17.3 Å². The van der Waals surface area contributed by atoms with E-state index in [9.17, 15) is 9.59 Å². The van der Waals surface area contributed by atoms with Crippen LogP contribution in [0.15, 0.2) is 0 Å². The Morgan fingerprint density at radius 3 is 2.72 bits per heavy atom. The Morgan fingerprint density at radius 1 is 1.50 bits per heavy atom. The largest absolute Gasteiger partial charge is 0.481 e. The number of carboxylic acid groups (broad SMARTS) is 1. The first-order chi connectivity index (χ1) is 8.43. The normalized spacial score (nSPS) is 38.2. The van der Waals surface area contributed by atoms with Crippen LogP contribution in [0, 0.1) is 17.3 Å². The standard InChI is InChI=1S/C12H20N2O4/c1-7-3-8(7)4-13-11(17)14-9-5-18-6-12(9,2)10(15)16/h7-9H,3-6H2,1-2H3,(H,15,16)(H2,13,14,17). The molecule has 0 bridgehead atoms. The number of hydrogen-bond acceptors (Lipinski definition) is 3. The van der Waals surface area contributed by atoms with Crippen LogP contribution >= 0.6 is 0 Å². The number of carbonyl (C=O) groups excluding carboxylic acids is 1. The summed E-state index contributed by atoms with van der Waals surface area (Å²) in [5.41, 5.74) is -1.04. The van der Waals surface area contributed by atoms with Crippen LogP contribution in [0.4, 0.5) is 4.79 Å². The lowest BCUT2D eigenvalue weighted by Gasteiger charge is -2.25. The van der Waals surface area contributed by atoms with E-state index in [0.29, 0.717) is 18.4 Å². The van der Waals surface area contributed by atoms with Gasteiger partial charge in [0, 0.05) is 6.54 Å². The quantitative estimate of drug-likeness (QED) is 0.680. The fourth-order valence-electron chi connectivity index (χ4n) is 2.20. The molecule has 1 aliphatic carbocycles. The van der Waals surface area contributed by atoms with Gasteiger partial charge < -0.3 is 20.5 Å². The lowest BCUT2D eigenvalue weighted by molar-refractivity contribution is -0.148. The van der Waals surface area contributed by atoms with Crippen molar-refractivity contribution in [2.45, 2.75) is 26.3 Å². The maximum Gasteiger partial charge on any atom is 0.315 e.